The summed E-state index contributed by atoms with van der Waals surface area (Å²) in [5, 5.41) is 5.35. The standard InChI is InChI=1S/C17H20FNO4.C15H18FNO3.C11H11F4N.C11H9F4N.C10H10FNO.C4H8O2.C2H6.5CH4/c1-10(20)13-9-14(11-5-7-12(18)8-6-11)19(15(13)21)16(22)23-17(2,3)4;1-15(2,3)20-14(19)17-12(8-9-13(17)18)10-4-6-11(16)7-5-10;2*12-8-3-1-7(2-4-8)9-5-6-10(16-9)11(13,14)15;11-8-3-1-7(2-4-8)9-5-6-10(13)12-9;1-3-6-4(2)5;1-2;;;;;/h5-8,13-14H,9H2,1-4H3;4-7,12H,8-9H2,1-3H3;1-4,9-10,16H,5-6H2;1-4,9H,5-6H2;1-4,9H,5-6H2,(H,12,13);3H2,1-2H3;1-2H3;5*1H4/t13?,14-;12-;9-,10+;2*9-;;;;;;;/m00000......./s1/i;;;;;;1D;;;;;. The average Bonchev–Trinajstić information content (AvgIpc) is 1.64. The van der Waals surface area contributed by atoms with E-state index in [1.807, 2.05) is 0 Å². The largest absolute Gasteiger partial charge is 0.466 e. The summed E-state index contributed by atoms with van der Waals surface area (Å²) in [6.07, 6.45) is -6.82. The maximum atomic E-state index is 13.1. The molecule has 10 rings (SSSR count). The lowest BCUT2D eigenvalue weighted by Crippen LogP contribution is -2.40. The van der Waals surface area contributed by atoms with Gasteiger partial charge in [-0.25, -0.2) is 41.3 Å². The lowest BCUT2D eigenvalue weighted by atomic mass is 9.97. The van der Waals surface area contributed by atoms with E-state index in [1.54, 1.807) is 79.7 Å². The summed E-state index contributed by atoms with van der Waals surface area (Å²) < 4.78 is 159. The summed E-state index contributed by atoms with van der Waals surface area (Å²) in [5.74, 6) is -3.91. The number of halogens is 11. The number of imide groups is 2. The van der Waals surface area contributed by atoms with Crippen molar-refractivity contribution in [1.82, 2.24) is 20.4 Å². The zero-order chi connectivity index (χ0) is 72.8. The van der Waals surface area contributed by atoms with Crippen LogP contribution in [0.15, 0.2) is 126 Å². The molecular formula is C75H102F11N5O10. The van der Waals surface area contributed by atoms with E-state index in [0.717, 1.165) is 27.3 Å². The number of hydrogen-bond acceptors (Lipinski definition) is 12. The quantitative estimate of drug-likeness (QED) is 0.0682. The van der Waals surface area contributed by atoms with Crippen molar-refractivity contribution in [1.29, 1.82) is 0 Å². The van der Waals surface area contributed by atoms with Crippen molar-refractivity contribution in [2.45, 2.75) is 231 Å². The Balaban J connectivity index is 0. The predicted octanol–water partition coefficient (Wildman–Crippen LogP) is 20.1. The van der Waals surface area contributed by atoms with Gasteiger partial charge in [0.2, 0.25) is 17.7 Å². The topological polar surface area (TPSA) is 190 Å². The molecule has 15 nitrogen and oxygen atoms in total. The Morgan fingerprint density at radius 2 is 0.931 bits per heavy atom. The van der Waals surface area contributed by atoms with Gasteiger partial charge in [-0.05, 0) is 189 Å². The summed E-state index contributed by atoms with van der Waals surface area (Å²) in [6, 6.07) is 25.4. The van der Waals surface area contributed by atoms with Gasteiger partial charge >= 0.3 is 30.5 Å². The van der Waals surface area contributed by atoms with Crippen molar-refractivity contribution < 1.29 is 97.4 Å². The van der Waals surface area contributed by atoms with Crippen molar-refractivity contribution >= 4 is 47.4 Å². The van der Waals surface area contributed by atoms with E-state index < -0.39 is 83.0 Å². The molecule has 7 atom stereocenters. The van der Waals surface area contributed by atoms with Crippen molar-refractivity contribution in [3.63, 3.8) is 0 Å². The third kappa shape index (κ3) is 30.7. The van der Waals surface area contributed by atoms with Crippen molar-refractivity contribution in [3.8, 4) is 0 Å². The highest BCUT2D eigenvalue weighted by Gasteiger charge is 2.48. The third-order valence-corrected chi connectivity index (χ3v) is 14.7. The Morgan fingerprint density at radius 3 is 1.27 bits per heavy atom. The first-order valence-electron chi connectivity index (χ1n) is 31.5. The number of ether oxygens (including phenoxy) is 3. The number of alkyl halides is 6. The first-order valence-corrected chi connectivity index (χ1v) is 30.8. The van der Waals surface area contributed by atoms with E-state index in [4.69, 9.17) is 10.8 Å². The van der Waals surface area contributed by atoms with E-state index in [2.05, 4.69) is 20.4 Å². The second-order valence-corrected chi connectivity index (χ2v) is 24.3. The molecule has 26 heteroatoms. The molecule has 5 aliphatic rings. The number of amides is 5. The molecule has 5 aromatic carbocycles. The normalized spacial score (nSPS) is 19.6. The van der Waals surface area contributed by atoms with Crippen LogP contribution in [-0.4, -0.2) is 93.4 Å². The Bertz CT molecular complexity index is 3420. The van der Waals surface area contributed by atoms with Crippen LogP contribution in [0.25, 0.3) is 0 Å². The fourth-order valence-corrected chi connectivity index (χ4v) is 10.3. The van der Waals surface area contributed by atoms with E-state index >= 15 is 0 Å². The van der Waals surface area contributed by atoms with E-state index in [-0.39, 0.29) is 116 Å². The molecule has 0 radical (unpaired) electrons. The zero-order valence-corrected chi connectivity index (χ0v) is 54.9. The van der Waals surface area contributed by atoms with Crippen LogP contribution in [0, 0.1) is 35.0 Å². The van der Waals surface area contributed by atoms with Crippen molar-refractivity contribution in [3.05, 3.63) is 178 Å². The van der Waals surface area contributed by atoms with Crippen LogP contribution >= 0.6 is 0 Å². The minimum absolute atomic E-state index is 0. The van der Waals surface area contributed by atoms with Gasteiger partial charge in [0, 0.05) is 27.2 Å². The number of likely N-dealkylation sites (tertiary alicyclic amines) is 2. The maximum Gasteiger partial charge on any atom is 0.429 e. The molecule has 4 fully saturated rings. The Kier molecular flexibility index (Phi) is 39.0. The van der Waals surface area contributed by atoms with Gasteiger partial charge in [-0.2, -0.15) is 26.3 Å². The lowest BCUT2D eigenvalue weighted by Gasteiger charge is -2.27. The second kappa shape index (κ2) is 42.6. The highest BCUT2D eigenvalue weighted by atomic mass is 19.4. The highest BCUT2D eigenvalue weighted by molar-refractivity contribution is 6.07. The molecule has 0 saturated carbocycles. The van der Waals surface area contributed by atoms with Gasteiger partial charge in [0.05, 0.1) is 36.7 Å². The van der Waals surface area contributed by atoms with Gasteiger partial charge in [-0.15, -0.1) is 0 Å². The van der Waals surface area contributed by atoms with Gasteiger partial charge in [-0.3, -0.25) is 34.3 Å². The summed E-state index contributed by atoms with van der Waals surface area (Å²) >= 11 is 0. The molecular weight excluding hydrogens is 1340 g/mol. The van der Waals surface area contributed by atoms with E-state index in [1.165, 1.54) is 111 Å². The molecule has 4 saturated heterocycles. The molecule has 0 aliphatic carbocycles. The Hall–Kier alpha value is -8.55. The second-order valence-electron chi connectivity index (χ2n) is 24.3. The Labute approximate surface area is 589 Å². The molecule has 5 aromatic rings. The molecule has 101 heavy (non-hydrogen) atoms. The molecule has 0 aromatic heterocycles. The molecule has 564 valence electrons. The summed E-state index contributed by atoms with van der Waals surface area (Å²) in [6.45, 7) is 17.6. The van der Waals surface area contributed by atoms with Crippen LogP contribution in [0.1, 0.15) is 230 Å². The van der Waals surface area contributed by atoms with Gasteiger partial charge in [0.1, 0.15) is 57.8 Å². The number of benzene rings is 5. The molecule has 1 unspecified atom stereocenters. The van der Waals surface area contributed by atoms with Crippen LogP contribution in [0.4, 0.5) is 57.9 Å². The number of hydrogen-bond donors (Lipinski definition) is 2. The third-order valence-electron chi connectivity index (χ3n) is 14.7. The molecule has 5 heterocycles. The summed E-state index contributed by atoms with van der Waals surface area (Å²) in [5.41, 5.74) is 1.49. The number of carbonyl (C=O) groups excluding carboxylic acids is 7. The smallest absolute Gasteiger partial charge is 0.429 e. The van der Waals surface area contributed by atoms with E-state index in [9.17, 15) is 81.9 Å². The fraction of sp³-hybridized carbons (Fsp3) is 0.493. The van der Waals surface area contributed by atoms with Gasteiger partial charge in [-0.1, -0.05) is 112 Å². The first-order chi connectivity index (χ1) is 45.2. The van der Waals surface area contributed by atoms with Crippen molar-refractivity contribution in [2.24, 2.45) is 10.9 Å². The predicted molar refractivity (Wildman–Crippen MR) is 370 cm³/mol. The molecule has 2 N–H and O–H groups in total. The number of nitrogens with one attached hydrogen (secondary N) is 2. The number of Topliss-reactive ketones (excluding diaryl/α,β-unsaturated/α-hetero) is 1. The van der Waals surface area contributed by atoms with E-state index in [0.29, 0.717) is 62.3 Å². The highest BCUT2D eigenvalue weighted by Crippen LogP contribution is 2.40. The molecule has 0 spiro atoms. The first kappa shape index (κ1) is 92.4. The summed E-state index contributed by atoms with van der Waals surface area (Å²) in [4.78, 5) is 87.0. The Morgan fingerprint density at radius 1 is 0.535 bits per heavy atom. The number of esters is 1. The number of carbonyl (C=O) groups is 7. The van der Waals surface area contributed by atoms with Gasteiger partial charge in [0.15, 0.2) is 0 Å². The van der Waals surface area contributed by atoms with Gasteiger partial charge in [0.25, 0.3) is 0 Å². The maximum absolute atomic E-state index is 13.1. The molecule has 0 bridgehead atoms. The zero-order valence-electron chi connectivity index (χ0n) is 55.9. The minimum Gasteiger partial charge on any atom is -0.466 e. The lowest BCUT2D eigenvalue weighted by molar-refractivity contribution is -0.152. The number of rotatable bonds is 7. The van der Waals surface area contributed by atoms with Crippen LogP contribution in [0.2, 0.25) is 0 Å². The average molecular weight is 1440 g/mol. The number of aliphatic imine (C=N–C) groups is 1. The number of ketones is 1. The summed E-state index contributed by atoms with van der Waals surface area (Å²) in [7, 11) is 0. The monoisotopic (exact) mass is 1440 g/mol. The molecule has 5 amide bonds. The minimum atomic E-state index is -4.34. The van der Waals surface area contributed by atoms with Crippen LogP contribution in [0.5, 0.6) is 0 Å². The van der Waals surface area contributed by atoms with Crippen LogP contribution in [-0.2, 0) is 38.2 Å². The van der Waals surface area contributed by atoms with Crippen LogP contribution in [0.3, 0.4) is 0 Å². The number of nitrogens with zero attached hydrogens (tertiary/aromatic N) is 3. The fourth-order valence-electron chi connectivity index (χ4n) is 10.3. The van der Waals surface area contributed by atoms with Crippen molar-refractivity contribution in [2.75, 3.05) is 6.61 Å². The van der Waals surface area contributed by atoms with Crippen LogP contribution < -0.4 is 10.6 Å². The van der Waals surface area contributed by atoms with Gasteiger partial charge < -0.3 is 19.5 Å². The SMILES string of the molecule is C.C.C.C.C.CC(=O)C1C[C@@H](c2ccc(F)cc2)N(C(=O)OC(C)(C)C)C1=O.CC(C)(C)OC(=O)N1C(=O)CC[C@H]1c1ccc(F)cc1.CCOC(C)=O.Fc1ccc([C@@H]2CCC(C(F)(F)F)=N2)cc1.Fc1ccc([C@@H]2CC[C@H](C(F)(F)F)N2)cc1.O=C1CC[C@@H](c2ccc(F)cc2)N1.[2H]CC. The molecule has 5 aliphatic heterocycles.